The lowest BCUT2D eigenvalue weighted by molar-refractivity contribution is -0.132. The molecule has 0 spiro atoms. The lowest BCUT2D eigenvalue weighted by Gasteiger charge is -2.22. The maximum Gasteiger partial charge on any atom is 0.325 e. The molecule has 2 aliphatic rings. The summed E-state index contributed by atoms with van der Waals surface area (Å²) in [5.41, 5.74) is -1.10. The number of carbonyl (C=O) groups excluding carboxylic acids is 2. The molecular weight excluding hydrogens is 294 g/mol. The van der Waals surface area contributed by atoms with Gasteiger partial charge in [0.15, 0.2) is 0 Å². The number of imide groups is 1. The highest BCUT2D eigenvalue weighted by atomic mass is 19.1. The first-order chi connectivity index (χ1) is 10.3. The summed E-state index contributed by atoms with van der Waals surface area (Å²) in [4.78, 5) is 25.3. The van der Waals surface area contributed by atoms with Crippen molar-refractivity contribution in [1.29, 1.82) is 0 Å². The SMILES string of the molecule is CC1(C2CC2)NC(=O)N(CC(O)c2ccc(F)cc2F)C1=O. The van der Waals surface area contributed by atoms with Crippen molar-refractivity contribution in [3.63, 3.8) is 0 Å². The van der Waals surface area contributed by atoms with E-state index in [9.17, 15) is 23.5 Å². The van der Waals surface area contributed by atoms with E-state index in [1.165, 1.54) is 0 Å². The fourth-order valence-corrected chi connectivity index (χ4v) is 2.86. The van der Waals surface area contributed by atoms with Crippen molar-refractivity contribution in [3.05, 3.63) is 35.4 Å². The largest absolute Gasteiger partial charge is 0.386 e. The standard InChI is InChI=1S/C15H16F2N2O3/c1-15(8-2-3-8)13(21)19(14(22)18-15)7-12(20)10-5-4-9(16)6-11(10)17/h4-6,8,12,20H,2-3,7H2,1H3,(H,18,22). The molecule has 22 heavy (non-hydrogen) atoms. The van der Waals surface area contributed by atoms with Gasteiger partial charge in [-0.1, -0.05) is 6.07 Å². The summed E-state index contributed by atoms with van der Waals surface area (Å²) in [6.45, 7) is 1.30. The number of nitrogens with zero attached hydrogens (tertiary/aromatic N) is 1. The lowest BCUT2D eigenvalue weighted by Crippen LogP contribution is -2.46. The minimum atomic E-state index is -1.41. The van der Waals surface area contributed by atoms with E-state index in [0.29, 0.717) is 6.07 Å². The fourth-order valence-electron chi connectivity index (χ4n) is 2.86. The van der Waals surface area contributed by atoms with Crippen LogP contribution < -0.4 is 5.32 Å². The molecule has 1 saturated heterocycles. The highest BCUT2D eigenvalue weighted by molar-refractivity contribution is 6.07. The first kappa shape index (κ1) is 14.9. The van der Waals surface area contributed by atoms with Crippen molar-refractivity contribution in [2.75, 3.05) is 6.54 Å². The van der Waals surface area contributed by atoms with Crippen molar-refractivity contribution < 1.29 is 23.5 Å². The Morgan fingerprint density at radius 3 is 2.68 bits per heavy atom. The summed E-state index contributed by atoms with van der Waals surface area (Å²) in [6.07, 6.45) is 0.327. The van der Waals surface area contributed by atoms with Gasteiger partial charge in [-0.05, 0) is 31.7 Å². The van der Waals surface area contributed by atoms with Gasteiger partial charge in [0.05, 0.1) is 12.6 Å². The molecule has 118 valence electrons. The molecule has 3 amide bonds. The summed E-state index contributed by atoms with van der Waals surface area (Å²) >= 11 is 0. The molecule has 1 aromatic carbocycles. The van der Waals surface area contributed by atoms with Gasteiger partial charge < -0.3 is 10.4 Å². The predicted octanol–water partition coefficient (Wildman–Crippen LogP) is 1.72. The average molecular weight is 310 g/mol. The molecule has 5 nitrogen and oxygen atoms in total. The van der Waals surface area contributed by atoms with Crippen LogP contribution in [-0.4, -0.2) is 34.0 Å². The Kier molecular flexibility index (Phi) is 3.40. The second kappa shape index (κ2) is 5.01. The Morgan fingerprint density at radius 2 is 2.09 bits per heavy atom. The van der Waals surface area contributed by atoms with Crippen LogP contribution in [0, 0.1) is 17.6 Å². The smallest absolute Gasteiger partial charge is 0.325 e. The highest BCUT2D eigenvalue weighted by Crippen LogP contribution is 2.42. The fraction of sp³-hybridized carbons (Fsp3) is 0.467. The second-order valence-electron chi connectivity index (χ2n) is 6.00. The maximum atomic E-state index is 13.7. The number of carbonyl (C=O) groups is 2. The monoisotopic (exact) mass is 310 g/mol. The van der Waals surface area contributed by atoms with Gasteiger partial charge in [-0.25, -0.2) is 13.6 Å². The molecule has 2 unspecified atom stereocenters. The molecule has 2 atom stereocenters. The van der Waals surface area contributed by atoms with Crippen LogP contribution in [0.1, 0.15) is 31.4 Å². The number of hydrogen-bond acceptors (Lipinski definition) is 3. The van der Waals surface area contributed by atoms with Crippen LogP contribution in [0.2, 0.25) is 0 Å². The zero-order valence-corrected chi connectivity index (χ0v) is 12.0. The molecule has 7 heteroatoms. The summed E-state index contributed by atoms with van der Waals surface area (Å²) in [6, 6.07) is 2.18. The molecule has 1 aliphatic heterocycles. The number of nitrogens with one attached hydrogen (secondary N) is 1. The van der Waals surface area contributed by atoms with Crippen molar-refractivity contribution in [1.82, 2.24) is 10.2 Å². The van der Waals surface area contributed by atoms with Crippen LogP contribution in [0.25, 0.3) is 0 Å². The van der Waals surface area contributed by atoms with Gasteiger partial charge in [0, 0.05) is 11.6 Å². The van der Waals surface area contributed by atoms with Gasteiger partial charge in [0.1, 0.15) is 17.2 Å². The van der Waals surface area contributed by atoms with E-state index in [1.54, 1.807) is 6.92 Å². The number of aliphatic hydroxyl groups excluding tert-OH is 1. The third kappa shape index (κ3) is 2.35. The quantitative estimate of drug-likeness (QED) is 0.832. The number of aliphatic hydroxyl groups is 1. The van der Waals surface area contributed by atoms with E-state index < -0.39 is 35.2 Å². The summed E-state index contributed by atoms with van der Waals surface area (Å²) in [7, 11) is 0. The van der Waals surface area contributed by atoms with Gasteiger partial charge in [0.25, 0.3) is 5.91 Å². The zero-order valence-electron chi connectivity index (χ0n) is 12.0. The first-order valence-electron chi connectivity index (χ1n) is 7.10. The third-order valence-corrected chi connectivity index (χ3v) is 4.37. The number of urea groups is 1. The number of rotatable bonds is 4. The van der Waals surface area contributed by atoms with Crippen LogP contribution in [0.15, 0.2) is 18.2 Å². The van der Waals surface area contributed by atoms with Gasteiger partial charge in [0.2, 0.25) is 0 Å². The predicted molar refractivity (Wildman–Crippen MR) is 72.7 cm³/mol. The average Bonchev–Trinajstić information content (AvgIpc) is 3.25. The molecule has 1 aromatic rings. The third-order valence-electron chi connectivity index (χ3n) is 4.37. The van der Waals surface area contributed by atoms with E-state index >= 15 is 0 Å². The summed E-state index contributed by atoms with van der Waals surface area (Å²) in [5.74, 6) is -1.98. The lowest BCUT2D eigenvalue weighted by atomic mass is 9.96. The Morgan fingerprint density at radius 1 is 1.41 bits per heavy atom. The number of benzene rings is 1. The van der Waals surface area contributed by atoms with Gasteiger partial charge >= 0.3 is 6.03 Å². The summed E-state index contributed by atoms with van der Waals surface area (Å²) < 4.78 is 26.5. The molecule has 1 aliphatic carbocycles. The first-order valence-corrected chi connectivity index (χ1v) is 7.10. The summed E-state index contributed by atoms with van der Waals surface area (Å²) in [5, 5.41) is 12.7. The van der Waals surface area contributed by atoms with E-state index in [1.807, 2.05) is 0 Å². The van der Waals surface area contributed by atoms with Gasteiger partial charge in [-0.15, -0.1) is 0 Å². The van der Waals surface area contributed by atoms with Crippen LogP contribution in [-0.2, 0) is 4.79 Å². The zero-order chi connectivity index (χ0) is 16.1. The molecule has 0 aromatic heterocycles. The molecule has 1 heterocycles. The van der Waals surface area contributed by atoms with Crippen LogP contribution >= 0.6 is 0 Å². The molecule has 2 fully saturated rings. The van der Waals surface area contributed by atoms with E-state index in [0.717, 1.165) is 29.9 Å². The Balaban J connectivity index is 1.77. The minimum Gasteiger partial charge on any atom is -0.386 e. The topological polar surface area (TPSA) is 69.6 Å². The van der Waals surface area contributed by atoms with Crippen molar-refractivity contribution >= 4 is 11.9 Å². The van der Waals surface area contributed by atoms with Gasteiger partial charge in [-0.2, -0.15) is 0 Å². The number of amides is 3. The molecule has 0 radical (unpaired) electrons. The van der Waals surface area contributed by atoms with Gasteiger partial charge in [-0.3, -0.25) is 9.69 Å². The Labute approximate surface area is 125 Å². The number of β-amino-alcohol motifs (C(OH)–C–C–N with tert-alkyl or cyclic N) is 1. The number of halogens is 2. The van der Waals surface area contributed by atoms with E-state index in [4.69, 9.17) is 0 Å². The highest BCUT2D eigenvalue weighted by Gasteiger charge is 2.56. The van der Waals surface area contributed by atoms with Crippen molar-refractivity contribution in [3.8, 4) is 0 Å². The molecule has 0 bridgehead atoms. The van der Waals surface area contributed by atoms with E-state index in [-0.39, 0.29) is 18.0 Å². The van der Waals surface area contributed by atoms with Crippen molar-refractivity contribution in [2.24, 2.45) is 5.92 Å². The van der Waals surface area contributed by atoms with Crippen LogP contribution in [0.4, 0.5) is 13.6 Å². The number of hydrogen-bond donors (Lipinski definition) is 2. The molecule has 1 saturated carbocycles. The van der Waals surface area contributed by atoms with Crippen molar-refractivity contribution in [2.45, 2.75) is 31.4 Å². The van der Waals surface area contributed by atoms with E-state index in [2.05, 4.69) is 5.32 Å². The van der Waals surface area contributed by atoms with Crippen LogP contribution in [0.5, 0.6) is 0 Å². The van der Waals surface area contributed by atoms with Crippen LogP contribution in [0.3, 0.4) is 0 Å². The Bertz CT molecular complexity index is 648. The Hall–Kier alpha value is -2.02. The maximum absolute atomic E-state index is 13.7. The minimum absolute atomic E-state index is 0.105. The molecular formula is C15H16F2N2O3. The molecule has 2 N–H and O–H groups in total. The second-order valence-corrected chi connectivity index (χ2v) is 6.00. The normalized spacial score (nSPS) is 26.3. The molecule has 3 rings (SSSR count).